The molecule has 2 rings (SSSR count). The zero-order valence-corrected chi connectivity index (χ0v) is 11.3. The number of hydrogen-bond donors (Lipinski definition) is 2. The van der Waals surface area contributed by atoms with E-state index in [1.54, 1.807) is 0 Å². The van der Waals surface area contributed by atoms with E-state index in [9.17, 15) is 9.90 Å². The van der Waals surface area contributed by atoms with E-state index in [1.807, 2.05) is 39.0 Å². The van der Waals surface area contributed by atoms with E-state index < -0.39 is 12.1 Å². The van der Waals surface area contributed by atoms with Gasteiger partial charge in [0.25, 0.3) is 0 Å². The van der Waals surface area contributed by atoms with Crippen molar-refractivity contribution in [2.24, 2.45) is 5.92 Å². The molecule has 0 fully saturated rings. The number of carbonyl (C=O) groups is 1. The van der Waals surface area contributed by atoms with Crippen LogP contribution < -0.4 is 0 Å². The van der Waals surface area contributed by atoms with Gasteiger partial charge in [-0.05, 0) is 36.6 Å². The topological polar surface area (TPSA) is 57.5 Å². The van der Waals surface area contributed by atoms with Gasteiger partial charge in [0, 0.05) is 5.92 Å². The van der Waals surface area contributed by atoms with Crippen molar-refractivity contribution in [1.29, 1.82) is 0 Å². The largest absolute Gasteiger partial charge is 0.478 e. The molecule has 3 heteroatoms. The molecule has 0 saturated heterocycles. The molecule has 0 radical (unpaired) electrons. The van der Waals surface area contributed by atoms with E-state index in [1.165, 1.54) is 6.08 Å². The summed E-state index contributed by atoms with van der Waals surface area (Å²) < 4.78 is 0. The van der Waals surface area contributed by atoms with E-state index in [0.717, 1.165) is 22.3 Å². The first-order chi connectivity index (χ1) is 8.91. The third kappa shape index (κ3) is 2.47. The Kier molecular flexibility index (Phi) is 3.58. The van der Waals surface area contributed by atoms with Crippen molar-refractivity contribution in [3.63, 3.8) is 0 Å². The molecule has 2 atom stereocenters. The van der Waals surface area contributed by atoms with Crippen LogP contribution in [0.3, 0.4) is 0 Å². The summed E-state index contributed by atoms with van der Waals surface area (Å²) in [5.41, 5.74) is 4.40. The number of allylic oxidation sites excluding steroid dienone is 2. The maximum Gasteiger partial charge on any atom is 0.334 e. The number of aryl methyl sites for hydroxylation is 2. The van der Waals surface area contributed by atoms with Crippen LogP contribution in [0.1, 0.15) is 23.6 Å². The fraction of sp³-hybridized carbons (Fsp3) is 0.312. The summed E-state index contributed by atoms with van der Waals surface area (Å²) in [6.45, 7) is 5.89. The van der Waals surface area contributed by atoms with Crippen LogP contribution >= 0.6 is 0 Å². The lowest BCUT2D eigenvalue weighted by atomic mass is 9.81. The molecule has 0 aliphatic heterocycles. The molecule has 2 unspecified atom stereocenters. The van der Waals surface area contributed by atoms with Gasteiger partial charge in [0.15, 0.2) is 0 Å². The normalized spacial score (nSPS) is 22.7. The molecule has 1 aliphatic carbocycles. The van der Waals surface area contributed by atoms with E-state index in [-0.39, 0.29) is 11.5 Å². The van der Waals surface area contributed by atoms with Crippen LogP contribution in [-0.2, 0) is 4.79 Å². The Bertz CT molecular complexity index is 582. The van der Waals surface area contributed by atoms with Crippen LogP contribution in [0.4, 0.5) is 0 Å². The lowest BCUT2D eigenvalue weighted by molar-refractivity contribution is -0.134. The Labute approximate surface area is 112 Å². The van der Waals surface area contributed by atoms with Crippen LogP contribution in [0.15, 0.2) is 35.9 Å². The van der Waals surface area contributed by atoms with Crippen molar-refractivity contribution in [3.8, 4) is 0 Å². The van der Waals surface area contributed by atoms with Gasteiger partial charge in [0.05, 0.1) is 11.7 Å². The first-order valence-corrected chi connectivity index (χ1v) is 6.32. The van der Waals surface area contributed by atoms with Gasteiger partial charge in [-0.3, -0.25) is 0 Å². The highest BCUT2D eigenvalue weighted by atomic mass is 16.4. The number of benzene rings is 1. The highest BCUT2D eigenvalue weighted by Crippen LogP contribution is 2.34. The van der Waals surface area contributed by atoms with Gasteiger partial charge < -0.3 is 10.2 Å². The minimum atomic E-state index is -1.06. The first-order valence-electron chi connectivity index (χ1n) is 6.32. The number of aliphatic carboxylic acids is 1. The fourth-order valence-electron chi connectivity index (χ4n) is 2.45. The van der Waals surface area contributed by atoms with Crippen molar-refractivity contribution >= 4 is 11.5 Å². The molecule has 19 heavy (non-hydrogen) atoms. The monoisotopic (exact) mass is 258 g/mol. The summed E-state index contributed by atoms with van der Waals surface area (Å²) >= 11 is 0. The third-order valence-corrected chi connectivity index (χ3v) is 3.68. The second-order valence-corrected chi connectivity index (χ2v) is 5.10. The minimum absolute atomic E-state index is 0.0570. The Morgan fingerprint density at radius 2 is 1.89 bits per heavy atom. The molecule has 1 aliphatic rings. The average Bonchev–Trinajstić information content (AvgIpc) is 2.35. The van der Waals surface area contributed by atoms with Crippen molar-refractivity contribution < 1.29 is 15.0 Å². The lowest BCUT2D eigenvalue weighted by Crippen LogP contribution is -2.28. The Morgan fingerprint density at radius 3 is 2.53 bits per heavy atom. The number of carboxylic acid groups (broad SMARTS) is 1. The predicted molar refractivity (Wildman–Crippen MR) is 74.8 cm³/mol. The van der Waals surface area contributed by atoms with Gasteiger partial charge in [0.2, 0.25) is 0 Å². The van der Waals surface area contributed by atoms with Crippen molar-refractivity contribution in [2.75, 3.05) is 0 Å². The lowest BCUT2D eigenvalue weighted by Gasteiger charge is -2.27. The number of carboxylic acids is 1. The zero-order valence-electron chi connectivity index (χ0n) is 11.3. The summed E-state index contributed by atoms with van der Waals surface area (Å²) in [6.07, 6.45) is 2.35. The predicted octanol–water partition coefficient (Wildman–Crippen LogP) is 2.71. The van der Waals surface area contributed by atoms with Crippen LogP contribution in [0.5, 0.6) is 0 Å². The average molecular weight is 258 g/mol. The molecular weight excluding hydrogens is 240 g/mol. The zero-order chi connectivity index (χ0) is 14.2. The molecule has 0 saturated carbocycles. The number of aliphatic hydroxyl groups is 1. The van der Waals surface area contributed by atoms with E-state index in [2.05, 4.69) is 6.07 Å². The van der Waals surface area contributed by atoms with Crippen LogP contribution in [-0.4, -0.2) is 22.3 Å². The maximum absolute atomic E-state index is 11.0. The van der Waals surface area contributed by atoms with E-state index in [0.29, 0.717) is 0 Å². The molecule has 0 aromatic heterocycles. The number of rotatable bonds is 2. The summed E-state index contributed by atoms with van der Waals surface area (Å²) in [5.74, 6) is -1.28. The Morgan fingerprint density at radius 1 is 1.21 bits per heavy atom. The van der Waals surface area contributed by atoms with E-state index >= 15 is 0 Å². The maximum atomic E-state index is 11.0. The number of aliphatic hydroxyl groups excluding tert-OH is 1. The van der Waals surface area contributed by atoms with Crippen molar-refractivity contribution in [3.05, 3.63) is 52.6 Å². The van der Waals surface area contributed by atoms with E-state index in [4.69, 9.17) is 5.11 Å². The first kappa shape index (κ1) is 13.6. The standard InChI is InChI=1S/C16H18O3/c1-9-4-5-10(2)14(8-9)12-6-7-13(16(18)19)15(17)11(12)3/h4-8,11,15,17H,1-3H3,(H,18,19). The molecule has 0 bridgehead atoms. The number of hydrogen-bond acceptors (Lipinski definition) is 2. The molecule has 0 amide bonds. The summed E-state index contributed by atoms with van der Waals surface area (Å²) in [5, 5.41) is 19.1. The highest BCUT2D eigenvalue weighted by molar-refractivity contribution is 5.91. The van der Waals surface area contributed by atoms with Gasteiger partial charge in [-0.25, -0.2) is 4.79 Å². The van der Waals surface area contributed by atoms with Gasteiger partial charge in [-0.15, -0.1) is 0 Å². The van der Waals surface area contributed by atoms with Crippen LogP contribution in [0, 0.1) is 19.8 Å². The minimum Gasteiger partial charge on any atom is -0.478 e. The van der Waals surface area contributed by atoms with Gasteiger partial charge in [-0.1, -0.05) is 36.8 Å². The summed E-state index contributed by atoms with van der Waals surface area (Å²) in [7, 11) is 0. The molecule has 3 nitrogen and oxygen atoms in total. The second-order valence-electron chi connectivity index (χ2n) is 5.10. The molecule has 2 N–H and O–H groups in total. The Balaban J connectivity index is 2.51. The van der Waals surface area contributed by atoms with Crippen LogP contribution in [0.25, 0.3) is 5.57 Å². The molecular formula is C16H18O3. The second kappa shape index (κ2) is 5.02. The summed E-state index contributed by atoms with van der Waals surface area (Å²) in [6, 6.07) is 6.16. The third-order valence-electron chi connectivity index (χ3n) is 3.68. The SMILES string of the molecule is Cc1ccc(C)c(C2=CC=C(C(=O)O)C(O)C2C)c1. The van der Waals surface area contributed by atoms with Crippen molar-refractivity contribution in [1.82, 2.24) is 0 Å². The van der Waals surface area contributed by atoms with Gasteiger partial charge >= 0.3 is 5.97 Å². The summed E-state index contributed by atoms with van der Waals surface area (Å²) in [4.78, 5) is 11.0. The fourth-order valence-corrected chi connectivity index (χ4v) is 2.45. The van der Waals surface area contributed by atoms with Crippen LogP contribution in [0.2, 0.25) is 0 Å². The molecule has 0 heterocycles. The smallest absolute Gasteiger partial charge is 0.334 e. The molecule has 100 valence electrons. The highest BCUT2D eigenvalue weighted by Gasteiger charge is 2.30. The van der Waals surface area contributed by atoms with Gasteiger partial charge in [0.1, 0.15) is 0 Å². The van der Waals surface area contributed by atoms with Gasteiger partial charge in [-0.2, -0.15) is 0 Å². The molecule has 0 spiro atoms. The quantitative estimate of drug-likeness (QED) is 0.857. The van der Waals surface area contributed by atoms with Crippen molar-refractivity contribution in [2.45, 2.75) is 26.9 Å². The Hall–Kier alpha value is -1.87. The molecule has 1 aromatic carbocycles. The molecule has 1 aromatic rings.